The first-order valence-electron chi connectivity index (χ1n) is 6.45. The zero-order chi connectivity index (χ0) is 16.7. The lowest BCUT2D eigenvalue weighted by Crippen LogP contribution is -2.55. The van der Waals surface area contributed by atoms with Crippen molar-refractivity contribution in [1.82, 2.24) is 5.32 Å². The van der Waals surface area contributed by atoms with Crippen LogP contribution < -0.4 is 11.1 Å². The molecule has 5 N–H and O–H groups in total. The van der Waals surface area contributed by atoms with Gasteiger partial charge in [-0.1, -0.05) is 30.3 Å². The van der Waals surface area contributed by atoms with Crippen LogP contribution in [-0.2, 0) is 25.5 Å². The van der Waals surface area contributed by atoms with Crippen LogP contribution in [0.2, 0.25) is 0 Å². The molecule has 0 radical (unpaired) electrons. The number of ether oxygens (including phenoxy) is 1. The summed E-state index contributed by atoms with van der Waals surface area (Å²) in [7, 11) is 1.17. The van der Waals surface area contributed by atoms with Gasteiger partial charge >= 0.3 is 11.9 Å². The molecule has 0 bridgehead atoms. The van der Waals surface area contributed by atoms with E-state index in [1.54, 1.807) is 30.3 Å². The van der Waals surface area contributed by atoms with Crippen LogP contribution in [0.25, 0.3) is 0 Å². The van der Waals surface area contributed by atoms with Gasteiger partial charge in [0.15, 0.2) is 6.10 Å². The smallest absolute Gasteiger partial charge is 0.334 e. The van der Waals surface area contributed by atoms with E-state index in [0.717, 1.165) is 5.56 Å². The van der Waals surface area contributed by atoms with Crippen LogP contribution in [0.15, 0.2) is 30.3 Å². The summed E-state index contributed by atoms with van der Waals surface area (Å²) in [5.41, 5.74) is 6.12. The molecular formula is C14H18N2O6. The third kappa shape index (κ3) is 4.83. The average molecular weight is 310 g/mol. The number of rotatable bonds is 7. The van der Waals surface area contributed by atoms with Gasteiger partial charge in [0.2, 0.25) is 5.91 Å². The normalized spacial score (nSPS) is 14.5. The van der Waals surface area contributed by atoms with Crippen LogP contribution in [0.3, 0.4) is 0 Å². The highest BCUT2D eigenvalue weighted by Gasteiger charge is 2.31. The summed E-state index contributed by atoms with van der Waals surface area (Å²) in [6.07, 6.45) is -1.91. The Hall–Kier alpha value is -2.45. The first kappa shape index (κ1) is 17.6. The van der Waals surface area contributed by atoms with Crippen molar-refractivity contribution < 1.29 is 29.3 Å². The van der Waals surface area contributed by atoms with Crippen molar-refractivity contribution in [3.05, 3.63) is 35.9 Å². The van der Waals surface area contributed by atoms with Gasteiger partial charge in [0.1, 0.15) is 12.1 Å². The largest absolute Gasteiger partial charge is 0.479 e. The van der Waals surface area contributed by atoms with E-state index in [1.165, 1.54) is 7.11 Å². The number of methoxy groups -OCH3 is 1. The molecular weight excluding hydrogens is 292 g/mol. The summed E-state index contributed by atoms with van der Waals surface area (Å²) in [6.45, 7) is 0. The maximum Gasteiger partial charge on any atom is 0.334 e. The molecule has 3 atom stereocenters. The lowest BCUT2D eigenvalue weighted by Gasteiger charge is -2.20. The molecule has 1 aromatic carbocycles. The van der Waals surface area contributed by atoms with Gasteiger partial charge < -0.3 is 26.0 Å². The minimum absolute atomic E-state index is 0.148. The number of carboxylic acid groups (broad SMARTS) is 1. The Morgan fingerprint density at radius 2 is 1.86 bits per heavy atom. The van der Waals surface area contributed by atoms with Crippen LogP contribution in [0, 0.1) is 0 Å². The lowest BCUT2D eigenvalue weighted by molar-refractivity contribution is -0.151. The summed E-state index contributed by atoms with van der Waals surface area (Å²) in [4.78, 5) is 34.2. The number of nitrogens with two attached hydrogens (primary N) is 1. The number of esters is 1. The number of nitrogens with one attached hydrogen (secondary N) is 1. The Morgan fingerprint density at radius 3 is 2.36 bits per heavy atom. The molecule has 22 heavy (non-hydrogen) atoms. The monoisotopic (exact) mass is 310 g/mol. The van der Waals surface area contributed by atoms with Crippen LogP contribution in [0.5, 0.6) is 0 Å². The number of aliphatic hydroxyl groups is 1. The molecule has 0 saturated carbocycles. The van der Waals surface area contributed by atoms with Crippen molar-refractivity contribution in [2.24, 2.45) is 5.73 Å². The van der Waals surface area contributed by atoms with Crippen molar-refractivity contribution in [2.45, 2.75) is 24.6 Å². The summed E-state index contributed by atoms with van der Waals surface area (Å²) in [5, 5.41) is 20.2. The summed E-state index contributed by atoms with van der Waals surface area (Å²) in [5.74, 6) is -3.28. The molecule has 1 aromatic rings. The Kier molecular flexibility index (Phi) is 6.48. The van der Waals surface area contributed by atoms with E-state index in [-0.39, 0.29) is 6.42 Å². The maximum atomic E-state index is 11.8. The summed E-state index contributed by atoms with van der Waals surface area (Å²) >= 11 is 0. The molecule has 1 rings (SSSR count). The number of aliphatic hydroxyl groups excluding tert-OH is 1. The molecule has 3 unspecified atom stereocenters. The van der Waals surface area contributed by atoms with Gasteiger partial charge in [0.05, 0.1) is 7.11 Å². The molecule has 0 spiro atoms. The standard InChI is InChI=1S/C14H18N2O6/c1-22-14(21)9(7-8-5-3-2-4-6-8)16-12(18)10(15)11(17)13(19)20/h2-6,9-11,17H,7,15H2,1H3,(H,16,18)(H,19,20). The molecule has 0 aliphatic heterocycles. The highest BCUT2D eigenvalue weighted by molar-refractivity contribution is 5.91. The average Bonchev–Trinajstić information content (AvgIpc) is 2.52. The fraction of sp³-hybridized carbons (Fsp3) is 0.357. The second kappa shape index (κ2) is 8.11. The number of carboxylic acids is 1. The van der Waals surface area contributed by atoms with Gasteiger partial charge in [-0.3, -0.25) is 4.79 Å². The predicted octanol–water partition coefficient (Wildman–Crippen LogP) is -1.34. The van der Waals surface area contributed by atoms with Gasteiger partial charge in [-0.05, 0) is 5.56 Å². The highest BCUT2D eigenvalue weighted by Crippen LogP contribution is 2.05. The molecule has 8 nitrogen and oxygen atoms in total. The third-order valence-electron chi connectivity index (χ3n) is 2.98. The quantitative estimate of drug-likeness (QED) is 0.457. The Morgan fingerprint density at radius 1 is 1.27 bits per heavy atom. The molecule has 0 aliphatic rings. The SMILES string of the molecule is COC(=O)C(Cc1ccccc1)NC(=O)C(N)C(O)C(=O)O. The molecule has 120 valence electrons. The third-order valence-corrected chi connectivity index (χ3v) is 2.98. The predicted molar refractivity (Wildman–Crippen MR) is 75.7 cm³/mol. The van der Waals surface area contributed by atoms with E-state index in [2.05, 4.69) is 10.1 Å². The van der Waals surface area contributed by atoms with Crippen molar-refractivity contribution in [2.75, 3.05) is 7.11 Å². The van der Waals surface area contributed by atoms with E-state index in [1.807, 2.05) is 0 Å². The van der Waals surface area contributed by atoms with Crippen LogP contribution in [-0.4, -0.2) is 53.4 Å². The van der Waals surface area contributed by atoms with Crippen LogP contribution in [0.1, 0.15) is 5.56 Å². The van der Waals surface area contributed by atoms with Crippen molar-refractivity contribution in [3.8, 4) is 0 Å². The van der Waals surface area contributed by atoms with Crippen molar-refractivity contribution in [1.29, 1.82) is 0 Å². The molecule has 0 aromatic heterocycles. The number of hydrogen-bond acceptors (Lipinski definition) is 6. The summed E-state index contributed by atoms with van der Waals surface area (Å²) in [6, 6.07) is 6.13. The first-order chi connectivity index (χ1) is 10.4. The number of benzene rings is 1. The van der Waals surface area contributed by atoms with E-state index >= 15 is 0 Å². The van der Waals surface area contributed by atoms with Crippen LogP contribution >= 0.6 is 0 Å². The minimum Gasteiger partial charge on any atom is -0.479 e. The molecule has 8 heteroatoms. The van der Waals surface area contributed by atoms with Crippen molar-refractivity contribution >= 4 is 17.8 Å². The molecule has 0 saturated heterocycles. The maximum absolute atomic E-state index is 11.8. The van der Waals surface area contributed by atoms with Gasteiger partial charge in [0, 0.05) is 6.42 Å². The molecule has 0 aliphatic carbocycles. The number of amides is 1. The molecule has 0 heterocycles. The second-order valence-electron chi connectivity index (χ2n) is 4.58. The topological polar surface area (TPSA) is 139 Å². The fourth-order valence-electron chi connectivity index (χ4n) is 1.75. The van der Waals surface area contributed by atoms with Gasteiger partial charge in [-0.2, -0.15) is 0 Å². The van der Waals surface area contributed by atoms with Gasteiger partial charge in [0.25, 0.3) is 0 Å². The number of hydrogen-bond donors (Lipinski definition) is 4. The number of carbonyl (C=O) groups is 3. The fourth-order valence-corrected chi connectivity index (χ4v) is 1.75. The molecule has 1 amide bonds. The second-order valence-corrected chi connectivity index (χ2v) is 4.58. The van der Waals surface area contributed by atoms with Gasteiger partial charge in [-0.15, -0.1) is 0 Å². The van der Waals surface area contributed by atoms with Crippen molar-refractivity contribution in [3.63, 3.8) is 0 Å². The van der Waals surface area contributed by atoms with E-state index in [0.29, 0.717) is 0 Å². The minimum atomic E-state index is -2.06. The number of carbonyl (C=O) groups excluding carboxylic acids is 2. The first-order valence-corrected chi connectivity index (χ1v) is 6.45. The van der Waals surface area contributed by atoms with E-state index in [9.17, 15) is 19.5 Å². The lowest BCUT2D eigenvalue weighted by atomic mass is 10.0. The van der Waals surface area contributed by atoms with Crippen LogP contribution in [0.4, 0.5) is 0 Å². The zero-order valence-electron chi connectivity index (χ0n) is 11.9. The number of aliphatic carboxylic acids is 1. The summed E-state index contributed by atoms with van der Waals surface area (Å²) < 4.78 is 4.60. The Bertz CT molecular complexity index is 533. The van der Waals surface area contributed by atoms with E-state index < -0.39 is 36.0 Å². The molecule has 0 fully saturated rings. The Labute approximate surface area is 126 Å². The van der Waals surface area contributed by atoms with Gasteiger partial charge in [-0.25, -0.2) is 9.59 Å². The van der Waals surface area contributed by atoms with E-state index in [4.69, 9.17) is 10.8 Å². The zero-order valence-corrected chi connectivity index (χ0v) is 11.9. The Balaban J connectivity index is 2.79. The highest BCUT2D eigenvalue weighted by atomic mass is 16.5.